The molecule has 0 atom stereocenters. The maximum Gasteiger partial charge on any atom is 0.248 e. The number of rotatable bonds is 6. The van der Waals surface area contributed by atoms with Gasteiger partial charge in [0.15, 0.2) is 11.5 Å². The first-order chi connectivity index (χ1) is 12.0. The third-order valence-electron chi connectivity index (χ3n) is 3.38. The van der Waals surface area contributed by atoms with E-state index in [0.29, 0.717) is 17.0 Å². The van der Waals surface area contributed by atoms with Crippen LogP contribution in [0.5, 0.6) is 11.5 Å². The zero-order chi connectivity index (χ0) is 18.2. The number of aromatic hydroxyl groups is 1. The summed E-state index contributed by atoms with van der Waals surface area (Å²) in [5.74, 6) is 4.81. The summed E-state index contributed by atoms with van der Waals surface area (Å²) < 4.78 is 5.01. The molecule has 0 aromatic heterocycles. The van der Waals surface area contributed by atoms with Gasteiger partial charge >= 0.3 is 0 Å². The summed E-state index contributed by atoms with van der Waals surface area (Å²) in [6, 6.07) is 11.7. The smallest absolute Gasteiger partial charge is 0.248 e. The molecule has 0 aliphatic carbocycles. The molecule has 0 aliphatic rings. The van der Waals surface area contributed by atoms with Gasteiger partial charge in [0.2, 0.25) is 11.8 Å². The zero-order valence-corrected chi connectivity index (χ0v) is 13.7. The van der Waals surface area contributed by atoms with E-state index >= 15 is 0 Å². The number of nitrogens with two attached hydrogens (primary N) is 1. The highest BCUT2D eigenvalue weighted by Crippen LogP contribution is 2.26. The number of carbonyl (C=O) groups excluding carboxylic acids is 2. The molecule has 0 fully saturated rings. The van der Waals surface area contributed by atoms with Gasteiger partial charge in [-0.15, -0.1) is 0 Å². The van der Waals surface area contributed by atoms with Crippen LogP contribution in [-0.2, 0) is 16.0 Å². The summed E-state index contributed by atoms with van der Waals surface area (Å²) in [7, 11) is 1.45. The number of phenols is 1. The first-order valence-electron chi connectivity index (χ1n) is 7.46. The van der Waals surface area contributed by atoms with E-state index in [2.05, 4.69) is 10.7 Å². The lowest BCUT2D eigenvalue weighted by Crippen LogP contribution is -2.31. The number of nitrogens with one attached hydrogen (secondary N) is 2. The van der Waals surface area contributed by atoms with Gasteiger partial charge in [0.05, 0.1) is 13.5 Å². The molecule has 0 unspecified atom stereocenters. The average Bonchev–Trinajstić information content (AvgIpc) is 2.62. The molecule has 2 amide bonds. The molecular formula is C18H19N3O4. The SMILES string of the molecule is COc1cc(/C=C/C(=O)Nc2ccc(CC(=O)NN)cc2)ccc1O. The van der Waals surface area contributed by atoms with E-state index in [-0.39, 0.29) is 24.0 Å². The van der Waals surface area contributed by atoms with Crippen molar-refractivity contribution in [3.05, 3.63) is 59.7 Å². The molecule has 0 radical (unpaired) electrons. The minimum atomic E-state index is -0.306. The minimum absolute atomic E-state index is 0.0347. The summed E-state index contributed by atoms with van der Waals surface area (Å²) in [5.41, 5.74) is 4.17. The number of phenolic OH excluding ortho intramolecular Hbond substituents is 1. The fourth-order valence-corrected chi connectivity index (χ4v) is 2.10. The summed E-state index contributed by atoms with van der Waals surface area (Å²) in [4.78, 5) is 23.1. The number of carbonyl (C=O) groups is 2. The third-order valence-corrected chi connectivity index (χ3v) is 3.38. The molecule has 5 N–H and O–H groups in total. The van der Waals surface area contributed by atoms with Crippen molar-refractivity contribution in [1.29, 1.82) is 0 Å². The van der Waals surface area contributed by atoms with Crippen molar-refractivity contribution >= 4 is 23.6 Å². The lowest BCUT2D eigenvalue weighted by Gasteiger charge is -2.05. The highest BCUT2D eigenvalue weighted by molar-refractivity contribution is 6.02. The number of ether oxygens (including phenoxy) is 1. The first kappa shape index (κ1) is 18.0. The zero-order valence-electron chi connectivity index (χ0n) is 13.7. The molecule has 25 heavy (non-hydrogen) atoms. The number of anilines is 1. The van der Waals surface area contributed by atoms with Crippen molar-refractivity contribution in [2.75, 3.05) is 12.4 Å². The Hall–Kier alpha value is -3.32. The lowest BCUT2D eigenvalue weighted by molar-refractivity contribution is -0.120. The van der Waals surface area contributed by atoms with Crippen molar-refractivity contribution in [3.8, 4) is 11.5 Å². The summed E-state index contributed by atoms with van der Waals surface area (Å²) in [6.07, 6.45) is 3.16. The summed E-state index contributed by atoms with van der Waals surface area (Å²) in [6.45, 7) is 0. The highest BCUT2D eigenvalue weighted by Gasteiger charge is 2.03. The molecule has 0 spiro atoms. The van der Waals surface area contributed by atoms with E-state index in [1.165, 1.54) is 19.3 Å². The molecule has 2 aromatic carbocycles. The van der Waals surface area contributed by atoms with Crippen molar-refractivity contribution in [2.24, 2.45) is 5.84 Å². The van der Waals surface area contributed by atoms with Crippen LogP contribution in [0.25, 0.3) is 6.08 Å². The van der Waals surface area contributed by atoms with Crippen molar-refractivity contribution < 1.29 is 19.4 Å². The van der Waals surface area contributed by atoms with Crippen molar-refractivity contribution in [1.82, 2.24) is 5.43 Å². The number of hydrogen-bond acceptors (Lipinski definition) is 5. The standard InChI is InChI=1S/C18H19N3O4/c1-25-16-10-12(4-8-15(16)22)5-9-17(23)20-14-6-2-13(3-7-14)11-18(24)21-19/h2-10,22H,11,19H2,1H3,(H,20,23)(H,21,24)/b9-5+. The molecule has 7 nitrogen and oxygen atoms in total. The molecule has 0 saturated heterocycles. The van der Waals surface area contributed by atoms with Crippen LogP contribution in [0.1, 0.15) is 11.1 Å². The van der Waals surface area contributed by atoms with E-state index in [0.717, 1.165) is 5.56 Å². The number of amides is 2. The second kappa shape index (κ2) is 8.51. The molecule has 130 valence electrons. The van der Waals surface area contributed by atoms with Gasteiger partial charge in [-0.3, -0.25) is 15.0 Å². The molecule has 0 bridgehead atoms. The Morgan fingerprint density at radius 2 is 1.92 bits per heavy atom. The Morgan fingerprint density at radius 1 is 1.20 bits per heavy atom. The van der Waals surface area contributed by atoms with Gasteiger partial charge in [-0.1, -0.05) is 18.2 Å². The Labute approximate surface area is 145 Å². The quantitative estimate of drug-likeness (QED) is 0.276. The number of benzene rings is 2. The number of hydrazine groups is 1. The molecule has 2 rings (SSSR count). The topological polar surface area (TPSA) is 114 Å². The Bertz CT molecular complexity index is 785. The monoisotopic (exact) mass is 341 g/mol. The summed E-state index contributed by atoms with van der Waals surface area (Å²) in [5, 5.41) is 12.3. The van der Waals surface area contributed by atoms with E-state index < -0.39 is 0 Å². The highest BCUT2D eigenvalue weighted by atomic mass is 16.5. The van der Waals surface area contributed by atoms with Crippen LogP contribution in [0.15, 0.2) is 48.5 Å². The average molecular weight is 341 g/mol. The van der Waals surface area contributed by atoms with Crippen LogP contribution in [-0.4, -0.2) is 24.0 Å². The van der Waals surface area contributed by atoms with Gasteiger partial charge in [0.1, 0.15) is 0 Å². The van der Waals surface area contributed by atoms with E-state index in [9.17, 15) is 14.7 Å². The predicted octanol–water partition coefficient (Wildman–Crippen LogP) is 1.59. The van der Waals surface area contributed by atoms with Crippen LogP contribution < -0.4 is 21.3 Å². The van der Waals surface area contributed by atoms with Gasteiger partial charge in [0, 0.05) is 11.8 Å². The number of methoxy groups -OCH3 is 1. The predicted molar refractivity (Wildman–Crippen MR) is 94.8 cm³/mol. The van der Waals surface area contributed by atoms with E-state index in [4.69, 9.17) is 10.6 Å². The second-order valence-corrected chi connectivity index (χ2v) is 5.20. The number of hydrogen-bond donors (Lipinski definition) is 4. The van der Waals surface area contributed by atoms with Crippen molar-refractivity contribution in [3.63, 3.8) is 0 Å². The second-order valence-electron chi connectivity index (χ2n) is 5.20. The summed E-state index contributed by atoms with van der Waals surface area (Å²) >= 11 is 0. The lowest BCUT2D eigenvalue weighted by atomic mass is 10.1. The fraction of sp³-hybridized carbons (Fsp3) is 0.111. The Balaban J connectivity index is 1.96. The Morgan fingerprint density at radius 3 is 2.56 bits per heavy atom. The van der Waals surface area contributed by atoms with Gasteiger partial charge < -0.3 is 15.2 Å². The van der Waals surface area contributed by atoms with Gasteiger partial charge in [-0.2, -0.15) is 0 Å². The van der Waals surface area contributed by atoms with Gasteiger partial charge in [-0.05, 0) is 41.5 Å². The van der Waals surface area contributed by atoms with Crippen LogP contribution in [0.2, 0.25) is 0 Å². The maximum absolute atomic E-state index is 12.0. The Kier molecular flexibility index (Phi) is 6.14. The first-order valence-corrected chi connectivity index (χ1v) is 7.46. The van der Waals surface area contributed by atoms with E-state index in [1.54, 1.807) is 42.5 Å². The van der Waals surface area contributed by atoms with Crippen LogP contribution in [0.3, 0.4) is 0 Å². The molecule has 7 heteroatoms. The van der Waals surface area contributed by atoms with E-state index in [1.807, 2.05) is 0 Å². The molecular weight excluding hydrogens is 322 g/mol. The molecule has 0 aliphatic heterocycles. The molecule has 0 heterocycles. The molecule has 2 aromatic rings. The normalized spacial score (nSPS) is 10.5. The largest absolute Gasteiger partial charge is 0.504 e. The van der Waals surface area contributed by atoms with Crippen LogP contribution >= 0.6 is 0 Å². The van der Waals surface area contributed by atoms with Crippen LogP contribution in [0, 0.1) is 0 Å². The maximum atomic E-state index is 12.0. The third kappa shape index (κ3) is 5.36. The van der Waals surface area contributed by atoms with Gasteiger partial charge in [-0.25, -0.2) is 5.84 Å². The van der Waals surface area contributed by atoms with Crippen LogP contribution in [0.4, 0.5) is 5.69 Å². The minimum Gasteiger partial charge on any atom is -0.504 e. The molecule has 0 saturated carbocycles. The van der Waals surface area contributed by atoms with Gasteiger partial charge in [0.25, 0.3) is 0 Å². The fourth-order valence-electron chi connectivity index (χ4n) is 2.10. The van der Waals surface area contributed by atoms with Crippen molar-refractivity contribution in [2.45, 2.75) is 6.42 Å².